The Morgan fingerprint density at radius 2 is 1.94 bits per heavy atom. The number of anilines is 1. The Labute approximate surface area is 203 Å². The maximum absolute atomic E-state index is 12.6. The van der Waals surface area contributed by atoms with E-state index in [1.165, 1.54) is 38.6 Å². The molecule has 10 heteroatoms. The van der Waals surface area contributed by atoms with Crippen LogP contribution in [0.1, 0.15) is 37.6 Å². The summed E-state index contributed by atoms with van der Waals surface area (Å²) in [5.41, 5.74) is 1.91. The maximum atomic E-state index is 12.6. The van der Waals surface area contributed by atoms with Gasteiger partial charge in [-0.25, -0.2) is 18.4 Å². The van der Waals surface area contributed by atoms with Crippen LogP contribution in [0.3, 0.4) is 0 Å². The lowest BCUT2D eigenvalue weighted by Gasteiger charge is -2.18. The molecule has 0 bridgehead atoms. The van der Waals surface area contributed by atoms with E-state index in [9.17, 15) is 13.2 Å². The molecule has 1 unspecified atom stereocenters. The first-order chi connectivity index (χ1) is 15.8. The van der Waals surface area contributed by atoms with Gasteiger partial charge in [0.15, 0.2) is 0 Å². The van der Waals surface area contributed by atoms with Crippen LogP contribution in [0.15, 0.2) is 40.5 Å². The van der Waals surface area contributed by atoms with E-state index in [1.807, 2.05) is 13.8 Å². The predicted octanol–water partition coefficient (Wildman–Crippen LogP) is 4.58. The fourth-order valence-corrected chi connectivity index (χ4v) is 7.81. The second kappa shape index (κ2) is 10.1. The number of thioether (sulfide) groups is 1. The molecule has 1 aromatic carbocycles. The van der Waals surface area contributed by atoms with Crippen molar-refractivity contribution >= 4 is 54.9 Å². The van der Waals surface area contributed by atoms with Gasteiger partial charge in [-0.05, 0) is 55.0 Å². The second-order valence-electron chi connectivity index (χ2n) is 8.16. The van der Waals surface area contributed by atoms with Gasteiger partial charge in [0.05, 0.1) is 10.6 Å². The van der Waals surface area contributed by atoms with Gasteiger partial charge < -0.3 is 5.32 Å². The molecule has 7 nitrogen and oxygen atoms in total. The first kappa shape index (κ1) is 24.1. The number of fused-ring (bicyclic) bond motifs is 3. The van der Waals surface area contributed by atoms with Gasteiger partial charge in [-0.15, -0.1) is 11.3 Å². The third kappa shape index (κ3) is 5.08. The number of sulfonamides is 1. The number of aromatic nitrogens is 2. The molecule has 1 atom stereocenters. The summed E-state index contributed by atoms with van der Waals surface area (Å²) >= 11 is 3.16. The smallest absolute Gasteiger partial charge is 0.243 e. The standard InChI is InChI=1S/C23H28N4O3S3/c1-4-27(5-2)33(29,30)17-9-7-16(8-10-17)26-20(28)13-31-22-21-18-11-6-15(3)12-19(18)32-23(21)25-14-24-22/h7-10,14-15H,4-6,11-13H2,1-3H3,(H,26,28). The van der Waals surface area contributed by atoms with Crippen molar-refractivity contribution in [3.8, 4) is 0 Å². The Morgan fingerprint density at radius 3 is 2.64 bits per heavy atom. The van der Waals surface area contributed by atoms with Crippen LogP contribution in [-0.2, 0) is 27.7 Å². The summed E-state index contributed by atoms with van der Waals surface area (Å²) in [6, 6.07) is 6.31. The van der Waals surface area contributed by atoms with Gasteiger partial charge in [0.25, 0.3) is 0 Å². The van der Waals surface area contributed by atoms with Crippen LogP contribution < -0.4 is 5.32 Å². The Kier molecular flexibility index (Phi) is 7.37. The van der Waals surface area contributed by atoms with E-state index in [0.717, 1.165) is 34.5 Å². The van der Waals surface area contributed by atoms with Crippen molar-refractivity contribution in [2.75, 3.05) is 24.2 Å². The predicted molar refractivity (Wildman–Crippen MR) is 135 cm³/mol. The van der Waals surface area contributed by atoms with E-state index in [4.69, 9.17) is 0 Å². The zero-order valence-electron chi connectivity index (χ0n) is 19.0. The summed E-state index contributed by atoms with van der Waals surface area (Å²) in [5.74, 6) is 0.740. The molecule has 1 aliphatic carbocycles. The van der Waals surface area contributed by atoms with Crippen molar-refractivity contribution in [1.82, 2.24) is 14.3 Å². The van der Waals surface area contributed by atoms with Crippen LogP contribution in [0.5, 0.6) is 0 Å². The molecule has 0 saturated carbocycles. The van der Waals surface area contributed by atoms with E-state index in [2.05, 4.69) is 22.2 Å². The normalized spacial score (nSPS) is 16.2. The largest absolute Gasteiger partial charge is 0.325 e. The molecule has 1 N–H and O–H groups in total. The lowest BCUT2D eigenvalue weighted by Crippen LogP contribution is -2.30. The Morgan fingerprint density at radius 1 is 1.21 bits per heavy atom. The number of benzene rings is 1. The first-order valence-electron chi connectivity index (χ1n) is 11.1. The fourth-order valence-electron chi connectivity index (χ4n) is 4.11. The lowest BCUT2D eigenvalue weighted by molar-refractivity contribution is -0.113. The molecule has 176 valence electrons. The van der Waals surface area contributed by atoms with Crippen LogP contribution in [0.2, 0.25) is 0 Å². The van der Waals surface area contributed by atoms with Crippen molar-refractivity contribution in [1.29, 1.82) is 0 Å². The number of hydrogen-bond donors (Lipinski definition) is 1. The summed E-state index contributed by atoms with van der Waals surface area (Å²) < 4.78 is 26.6. The van der Waals surface area contributed by atoms with Crippen LogP contribution >= 0.6 is 23.1 Å². The highest BCUT2D eigenvalue weighted by molar-refractivity contribution is 8.00. The quantitative estimate of drug-likeness (QED) is 0.357. The summed E-state index contributed by atoms with van der Waals surface area (Å²) in [7, 11) is -3.52. The van der Waals surface area contributed by atoms with E-state index in [0.29, 0.717) is 24.7 Å². The van der Waals surface area contributed by atoms with Crippen LogP contribution in [0.25, 0.3) is 10.2 Å². The van der Waals surface area contributed by atoms with E-state index < -0.39 is 10.0 Å². The van der Waals surface area contributed by atoms with Crippen molar-refractivity contribution in [3.63, 3.8) is 0 Å². The van der Waals surface area contributed by atoms with Crippen molar-refractivity contribution in [2.45, 2.75) is 50.0 Å². The molecule has 0 aliphatic heterocycles. The SMILES string of the molecule is CCN(CC)S(=O)(=O)c1ccc(NC(=O)CSc2ncnc3sc4c(c23)CCC(C)C4)cc1. The fraction of sp³-hybridized carbons (Fsp3) is 0.435. The number of thiophene rings is 1. The monoisotopic (exact) mass is 504 g/mol. The first-order valence-corrected chi connectivity index (χ1v) is 14.4. The summed E-state index contributed by atoms with van der Waals surface area (Å²) in [5, 5.41) is 4.80. The average Bonchev–Trinajstić information content (AvgIpc) is 3.16. The third-order valence-electron chi connectivity index (χ3n) is 5.88. The minimum absolute atomic E-state index is 0.163. The lowest BCUT2D eigenvalue weighted by atomic mass is 9.89. The van der Waals surface area contributed by atoms with Crippen LogP contribution in [0, 0.1) is 5.92 Å². The summed E-state index contributed by atoms with van der Waals surface area (Å²) in [6.07, 6.45) is 4.86. The molecular weight excluding hydrogens is 476 g/mol. The molecule has 33 heavy (non-hydrogen) atoms. The number of amides is 1. The number of carbonyl (C=O) groups is 1. The van der Waals surface area contributed by atoms with Crippen molar-refractivity contribution in [2.24, 2.45) is 5.92 Å². The molecule has 2 heterocycles. The van der Waals surface area contributed by atoms with Gasteiger partial charge in [0.1, 0.15) is 16.2 Å². The van der Waals surface area contributed by atoms with E-state index in [1.54, 1.807) is 29.8 Å². The number of carbonyl (C=O) groups excluding carboxylic acids is 1. The molecular formula is C23H28N4O3S3. The molecule has 3 aromatic rings. The van der Waals surface area contributed by atoms with Gasteiger partial charge in [0, 0.05) is 29.0 Å². The molecule has 1 amide bonds. The zero-order valence-corrected chi connectivity index (χ0v) is 21.4. The van der Waals surface area contributed by atoms with Crippen molar-refractivity contribution < 1.29 is 13.2 Å². The highest BCUT2D eigenvalue weighted by Gasteiger charge is 2.24. The molecule has 4 rings (SSSR count). The number of aryl methyl sites for hydroxylation is 1. The Hall–Kier alpha value is -2.01. The molecule has 1 aliphatic rings. The minimum atomic E-state index is -3.52. The molecule has 0 fully saturated rings. The number of nitrogens with zero attached hydrogens (tertiary/aromatic N) is 3. The molecule has 0 spiro atoms. The van der Waals surface area contributed by atoms with E-state index >= 15 is 0 Å². The average molecular weight is 505 g/mol. The van der Waals surface area contributed by atoms with Crippen LogP contribution in [-0.4, -0.2) is 47.4 Å². The molecule has 0 radical (unpaired) electrons. The van der Waals surface area contributed by atoms with E-state index in [-0.39, 0.29) is 16.6 Å². The highest BCUT2D eigenvalue weighted by Crippen LogP contribution is 2.40. The topological polar surface area (TPSA) is 92.3 Å². The number of hydrogen-bond acceptors (Lipinski definition) is 7. The van der Waals surface area contributed by atoms with Crippen LogP contribution in [0.4, 0.5) is 5.69 Å². The number of rotatable bonds is 8. The van der Waals surface area contributed by atoms with Gasteiger partial charge in [-0.2, -0.15) is 4.31 Å². The van der Waals surface area contributed by atoms with Gasteiger partial charge in [0.2, 0.25) is 15.9 Å². The van der Waals surface area contributed by atoms with Gasteiger partial charge >= 0.3 is 0 Å². The van der Waals surface area contributed by atoms with Gasteiger partial charge in [-0.1, -0.05) is 32.5 Å². The Bertz CT molecular complexity index is 1250. The Balaban J connectivity index is 1.43. The minimum Gasteiger partial charge on any atom is -0.325 e. The summed E-state index contributed by atoms with van der Waals surface area (Å²) in [4.78, 5) is 24.1. The molecule has 0 saturated heterocycles. The number of nitrogens with one attached hydrogen (secondary N) is 1. The zero-order chi connectivity index (χ0) is 23.6. The van der Waals surface area contributed by atoms with Gasteiger partial charge in [-0.3, -0.25) is 4.79 Å². The highest BCUT2D eigenvalue weighted by atomic mass is 32.2. The third-order valence-corrected chi connectivity index (χ3v) is 10.1. The van der Waals surface area contributed by atoms with Crippen molar-refractivity contribution in [3.05, 3.63) is 41.0 Å². The second-order valence-corrected chi connectivity index (χ2v) is 12.1. The molecule has 2 aromatic heterocycles. The summed E-state index contributed by atoms with van der Waals surface area (Å²) in [6.45, 7) is 6.73. The maximum Gasteiger partial charge on any atom is 0.243 e.